The van der Waals surface area contributed by atoms with Crippen LogP contribution in [0.5, 0.6) is 11.5 Å². The SMILES string of the molecule is CCC12CC(C(C)(O)C(C)(C)C)C(OC)C3Oc4c(O)ccc5c4C31CCN(CC1CC1)C2C5. The largest absolute Gasteiger partial charge is 0.504 e. The molecule has 7 atom stereocenters. The molecule has 0 aromatic heterocycles. The third-order valence-corrected chi connectivity index (χ3v) is 11.2. The first-order valence-corrected chi connectivity index (χ1v) is 13.5. The number of methoxy groups -OCH3 is 1. The molecule has 5 nitrogen and oxygen atoms in total. The van der Waals surface area contributed by atoms with Gasteiger partial charge in [0, 0.05) is 36.6 Å². The summed E-state index contributed by atoms with van der Waals surface area (Å²) < 4.78 is 13.1. The van der Waals surface area contributed by atoms with Crippen LogP contribution < -0.4 is 4.74 Å². The van der Waals surface area contributed by atoms with Gasteiger partial charge in [-0.1, -0.05) is 33.8 Å². The van der Waals surface area contributed by atoms with Crippen LogP contribution in [0.25, 0.3) is 0 Å². The van der Waals surface area contributed by atoms with Gasteiger partial charge in [0.05, 0.1) is 5.60 Å². The minimum atomic E-state index is -0.923. The Kier molecular flexibility index (Phi) is 4.85. The Hall–Kier alpha value is -1.30. The van der Waals surface area contributed by atoms with Crippen LogP contribution in [0.3, 0.4) is 0 Å². The number of piperidine rings is 1. The molecule has 3 aliphatic carbocycles. The molecule has 7 unspecified atom stereocenters. The van der Waals surface area contributed by atoms with E-state index in [2.05, 4.69) is 38.7 Å². The number of rotatable bonds is 5. The lowest BCUT2D eigenvalue weighted by atomic mass is 9.39. The van der Waals surface area contributed by atoms with E-state index >= 15 is 0 Å². The molecular weight excluding hydrogens is 426 g/mol. The first-order valence-electron chi connectivity index (χ1n) is 13.5. The van der Waals surface area contributed by atoms with E-state index in [0.29, 0.717) is 11.8 Å². The number of ether oxygens (including phenoxy) is 2. The molecule has 2 aliphatic heterocycles. The van der Waals surface area contributed by atoms with E-state index in [1.165, 1.54) is 30.5 Å². The summed E-state index contributed by atoms with van der Waals surface area (Å²) in [6.45, 7) is 13.1. The standard InChI is InChI=1S/C29H43NO4/c1-7-28-15-19(27(5,32)26(2,3)4)23(33-6)25-29(28)12-13-30(16-17-8-9-17)21(28)14-18-10-11-20(31)24(34-25)22(18)29/h10-11,17,19,21,23,25,31-32H,7-9,12-16H2,1-6H3. The molecule has 6 rings (SSSR count). The monoisotopic (exact) mass is 469 g/mol. The van der Waals surface area contributed by atoms with Crippen molar-refractivity contribution in [2.45, 2.75) is 102 Å². The Morgan fingerprint density at radius 3 is 2.56 bits per heavy atom. The highest BCUT2D eigenvalue weighted by molar-refractivity contribution is 5.62. The summed E-state index contributed by atoms with van der Waals surface area (Å²) in [4.78, 5) is 2.80. The Balaban J connectivity index is 1.58. The Morgan fingerprint density at radius 2 is 1.94 bits per heavy atom. The highest BCUT2D eigenvalue weighted by Crippen LogP contribution is 2.72. The number of phenolic OH excluding ortho intramolecular Hbond substituents is 1. The number of benzene rings is 1. The van der Waals surface area contributed by atoms with Gasteiger partial charge in [-0.3, -0.25) is 4.90 Å². The summed E-state index contributed by atoms with van der Waals surface area (Å²) in [5.74, 6) is 1.73. The van der Waals surface area contributed by atoms with Crippen molar-refractivity contribution in [3.63, 3.8) is 0 Å². The Labute approximate surface area is 204 Å². The van der Waals surface area contributed by atoms with Crippen molar-refractivity contribution in [2.24, 2.45) is 22.7 Å². The van der Waals surface area contributed by atoms with Crippen molar-refractivity contribution in [2.75, 3.05) is 20.2 Å². The van der Waals surface area contributed by atoms with Crippen LogP contribution >= 0.6 is 0 Å². The zero-order valence-corrected chi connectivity index (χ0v) is 21.9. The summed E-state index contributed by atoms with van der Waals surface area (Å²) in [6, 6.07) is 4.40. The minimum absolute atomic E-state index is 0.0220. The number of hydrogen-bond donors (Lipinski definition) is 2. The molecule has 2 bridgehead atoms. The van der Waals surface area contributed by atoms with E-state index in [0.717, 1.165) is 38.1 Å². The molecule has 188 valence electrons. The van der Waals surface area contributed by atoms with Crippen LogP contribution in [0.4, 0.5) is 0 Å². The summed E-state index contributed by atoms with van der Waals surface area (Å²) in [5.41, 5.74) is 1.18. The fourth-order valence-electron chi connectivity index (χ4n) is 8.76. The summed E-state index contributed by atoms with van der Waals surface area (Å²) in [6.07, 6.45) is 6.29. The lowest BCUT2D eigenvalue weighted by molar-refractivity contribution is -0.237. The molecule has 2 N–H and O–H groups in total. The van der Waals surface area contributed by atoms with Crippen molar-refractivity contribution >= 4 is 0 Å². The number of aromatic hydroxyl groups is 1. The number of hydrogen-bond acceptors (Lipinski definition) is 5. The quantitative estimate of drug-likeness (QED) is 0.657. The topological polar surface area (TPSA) is 62.2 Å². The number of aliphatic hydroxyl groups is 1. The third kappa shape index (κ3) is 2.67. The van der Waals surface area contributed by atoms with Crippen LogP contribution in [0.2, 0.25) is 0 Å². The maximum Gasteiger partial charge on any atom is 0.165 e. The maximum absolute atomic E-state index is 12.1. The maximum atomic E-state index is 12.1. The second-order valence-corrected chi connectivity index (χ2v) is 13.3. The molecule has 34 heavy (non-hydrogen) atoms. The van der Waals surface area contributed by atoms with Crippen LogP contribution in [0.1, 0.15) is 77.8 Å². The predicted octanol–water partition coefficient (Wildman–Crippen LogP) is 4.66. The predicted molar refractivity (Wildman–Crippen MR) is 132 cm³/mol. The Bertz CT molecular complexity index is 995. The molecule has 0 radical (unpaired) electrons. The van der Waals surface area contributed by atoms with E-state index in [1.54, 1.807) is 7.11 Å². The molecule has 1 saturated heterocycles. The molecule has 2 heterocycles. The van der Waals surface area contributed by atoms with Gasteiger partial charge in [-0.05, 0) is 80.4 Å². The van der Waals surface area contributed by atoms with Crippen molar-refractivity contribution < 1.29 is 19.7 Å². The second kappa shape index (κ2) is 7.14. The van der Waals surface area contributed by atoms with E-state index in [-0.39, 0.29) is 40.1 Å². The van der Waals surface area contributed by atoms with Gasteiger partial charge in [0.2, 0.25) is 0 Å². The number of nitrogens with zero attached hydrogens (tertiary/aromatic N) is 1. The molecule has 2 saturated carbocycles. The smallest absolute Gasteiger partial charge is 0.165 e. The van der Waals surface area contributed by atoms with Crippen molar-refractivity contribution in [3.8, 4) is 11.5 Å². The van der Waals surface area contributed by atoms with Crippen molar-refractivity contribution in [1.29, 1.82) is 0 Å². The highest BCUT2D eigenvalue weighted by Gasteiger charge is 2.75. The fourth-order valence-corrected chi connectivity index (χ4v) is 8.76. The molecule has 1 aromatic carbocycles. The average molecular weight is 470 g/mol. The van der Waals surface area contributed by atoms with Crippen molar-refractivity contribution in [3.05, 3.63) is 23.3 Å². The van der Waals surface area contributed by atoms with Gasteiger partial charge >= 0.3 is 0 Å². The van der Waals surface area contributed by atoms with E-state index < -0.39 is 5.60 Å². The summed E-state index contributed by atoms with van der Waals surface area (Å²) in [7, 11) is 1.78. The zero-order valence-electron chi connectivity index (χ0n) is 21.9. The van der Waals surface area contributed by atoms with Gasteiger partial charge in [-0.2, -0.15) is 0 Å². The second-order valence-electron chi connectivity index (χ2n) is 13.3. The van der Waals surface area contributed by atoms with E-state index in [9.17, 15) is 10.2 Å². The average Bonchev–Trinajstić information content (AvgIpc) is 3.53. The third-order valence-electron chi connectivity index (χ3n) is 11.2. The highest BCUT2D eigenvalue weighted by atomic mass is 16.5. The van der Waals surface area contributed by atoms with Gasteiger partial charge in [-0.15, -0.1) is 0 Å². The fraction of sp³-hybridized carbons (Fsp3) is 0.793. The number of likely N-dealkylation sites (tertiary alicyclic amines) is 1. The molecule has 1 spiro atoms. The van der Waals surface area contributed by atoms with Gasteiger partial charge in [0.25, 0.3) is 0 Å². The van der Waals surface area contributed by atoms with Gasteiger partial charge in [-0.25, -0.2) is 0 Å². The van der Waals surface area contributed by atoms with E-state index in [1.807, 2.05) is 13.0 Å². The first-order chi connectivity index (χ1) is 16.0. The summed E-state index contributed by atoms with van der Waals surface area (Å²) >= 11 is 0. The Morgan fingerprint density at radius 1 is 1.21 bits per heavy atom. The molecular formula is C29H43NO4. The van der Waals surface area contributed by atoms with Crippen LogP contribution in [0.15, 0.2) is 12.1 Å². The van der Waals surface area contributed by atoms with Crippen LogP contribution in [-0.2, 0) is 16.6 Å². The molecule has 3 fully saturated rings. The molecule has 1 aromatic rings. The molecule has 0 amide bonds. The van der Waals surface area contributed by atoms with Crippen LogP contribution in [-0.4, -0.2) is 59.2 Å². The lowest BCUT2D eigenvalue weighted by Crippen LogP contribution is -2.76. The first kappa shape index (κ1) is 23.1. The van der Waals surface area contributed by atoms with Gasteiger partial charge < -0.3 is 19.7 Å². The lowest BCUT2D eigenvalue weighted by Gasteiger charge is -2.69. The molecule has 5 heteroatoms. The van der Waals surface area contributed by atoms with Gasteiger partial charge in [0.1, 0.15) is 12.2 Å². The van der Waals surface area contributed by atoms with Crippen LogP contribution in [0, 0.1) is 22.7 Å². The summed E-state index contributed by atoms with van der Waals surface area (Å²) in [5, 5.41) is 23.0. The number of phenols is 1. The minimum Gasteiger partial charge on any atom is -0.504 e. The normalized spacial score (nSPS) is 40.4. The molecule has 5 aliphatic rings. The van der Waals surface area contributed by atoms with Crippen molar-refractivity contribution in [1.82, 2.24) is 4.90 Å². The van der Waals surface area contributed by atoms with Gasteiger partial charge in [0.15, 0.2) is 11.5 Å². The van der Waals surface area contributed by atoms with E-state index in [4.69, 9.17) is 9.47 Å². The zero-order chi connectivity index (χ0) is 24.3.